The molecule has 1 aliphatic heterocycles. The first-order valence-electron chi connectivity index (χ1n) is 13.7. The zero-order chi connectivity index (χ0) is 30.8. The molecule has 4 N–H and O–H groups in total. The Morgan fingerprint density at radius 1 is 1.07 bits per heavy atom. The van der Waals surface area contributed by atoms with Crippen LogP contribution in [0.4, 0.5) is 10.2 Å². The number of anilines is 1. The Labute approximate surface area is 253 Å². The number of nitrogens with zero attached hydrogens (tertiary/aromatic N) is 5. The van der Waals surface area contributed by atoms with E-state index in [0.29, 0.717) is 63.3 Å². The van der Waals surface area contributed by atoms with Gasteiger partial charge in [-0.25, -0.2) is 27.5 Å². The lowest BCUT2D eigenvalue weighted by Crippen LogP contribution is -2.21. The predicted molar refractivity (Wildman–Crippen MR) is 167 cm³/mol. The van der Waals surface area contributed by atoms with Gasteiger partial charge in [-0.05, 0) is 67.7 Å². The number of rotatable bonds is 10. The maximum Gasteiger partial charge on any atom is 0.209 e. The van der Waals surface area contributed by atoms with Crippen molar-refractivity contribution < 1.29 is 17.5 Å². The fraction of sp³-hybridized carbons (Fsp3) is 0.200. The molecule has 5 aromatic rings. The molecule has 6 rings (SSSR count). The Balaban J connectivity index is 1.33. The third-order valence-electron chi connectivity index (χ3n) is 6.81. The highest BCUT2D eigenvalue weighted by atomic mass is 32.2. The fourth-order valence-electron chi connectivity index (χ4n) is 4.71. The van der Waals surface area contributed by atoms with Crippen molar-refractivity contribution in [3.8, 4) is 28.5 Å². The first-order chi connectivity index (χ1) is 21.1. The van der Waals surface area contributed by atoms with Crippen LogP contribution in [-0.4, -0.2) is 77.0 Å². The second kappa shape index (κ2) is 12.0. The van der Waals surface area contributed by atoms with E-state index in [2.05, 4.69) is 30.2 Å². The number of likely N-dealkylation sites (N-methyl/N-ethyl adjacent to an activating group) is 1. The van der Waals surface area contributed by atoms with E-state index in [-0.39, 0.29) is 6.54 Å². The number of ether oxygens (including phenoxy) is 1. The number of sulfonamides is 1. The minimum Gasteiger partial charge on any atom is -0.491 e. The molecule has 0 fully saturated rings. The Kier molecular flexibility index (Phi) is 7.95. The molecule has 4 aromatic heterocycles. The summed E-state index contributed by atoms with van der Waals surface area (Å²) in [4.78, 5) is 19.4. The lowest BCUT2D eigenvalue weighted by Gasteiger charge is -2.11. The van der Waals surface area contributed by atoms with Gasteiger partial charge >= 0.3 is 0 Å². The number of H-pyrrole nitrogens is 2. The van der Waals surface area contributed by atoms with Gasteiger partial charge < -0.3 is 19.9 Å². The minimum absolute atomic E-state index is 0.0417. The summed E-state index contributed by atoms with van der Waals surface area (Å²) in [5, 5.41) is 10.7. The standard InChI is InChI=1S/C30H30FN9O3S/c1-40(2)9-10-43-22-14-20(16-32-17-22)24-6-7-25-27(35-24)28(39-38-25)30-36-26-23(5-4-8-33-29(26)37-30)19-11-18(12-21(31)13-19)15-34-44(3,41)42/h4-8,11-14,16-17,33-34H,9-10,15H2,1-3H3,(H,36,37)(H,38,39). The molecule has 14 heteroatoms. The molecule has 0 unspecified atom stereocenters. The SMILES string of the molecule is CN(C)CCOc1cncc(-c2ccc3[nH]nc(-c4nc5c([nH]4)C(c4cc(F)cc(CNS(C)(=O)=O)c4)=CC=CN5)c3n2)c1. The highest BCUT2D eigenvalue weighted by molar-refractivity contribution is 7.88. The van der Waals surface area contributed by atoms with Crippen LogP contribution in [0.3, 0.4) is 0 Å². The molecule has 0 spiro atoms. The van der Waals surface area contributed by atoms with Crippen molar-refractivity contribution in [2.45, 2.75) is 6.54 Å². The highest BCUT2D eigenvalue weighted by Gasteiger charge is 2.22. The Morgan fingerprint density at radius 3 is 2.75 bits per heavy atom. The highest BCUT2D eigenvalue weighted by Crippen LogP contribution is 2.34. The quantitative estimate of drug-likeness (QED) is 0.183. The summed E-state index contributed by atoms with van der Waals surface area (Å²) in [6.07, 6.45) is 9.79. The zero-order valence-electron chi connectivity index (χ0n) is 24.2. The average molecular weight is 616 g/mol. The summed E-state index contributed by atoms with van der Waals surface area (Å²) in [6.45, 7) is 1.27. The van der Waals surface area contributed by atoms with E-state index in [9.17, 15) is 12.8 Å². The molecular formula is C30H30FN9O3S. The molecule has 5 heterocycles. The average Bonchev–Trinajstić information content (AvgIpc) is 3.54. The molecule has 0 radical (unpaired) electrons. The Hall–Kier alpha value is -4.92. The lowest BCUT2D eigenvalue weighted by atomic mass is 10.00. The van der Waals surface area contributed by atoms with E-state index in [1.165, 1.54) is 12.1 Å². The third kappa shape index (κ3) is 6.51. The Morgan fingerprint density at radius 2 is 1.93 bits per heavy atom. The van der Waals surface area contributed by atoms with Crippen molar-refractivity contribution in [2.24, 2.45) is 0 Å². The summed E-state index contributed by atoms with van der Waals surface area (Å²) in [5.74, 6) is 1.13. The smallest absolute Gasteiger partial charge is 0.209 e. The maximum absolute atomic E-state index is 14.7. The van der Waals surface area contributed by atoms with Crippen LogP contribution in [0.5, 0.6) is 5.75 Å². The number of hydrogen-bond donors (Lipinski definition) is 4. The van der Waals surface area contributed by atoms with Crippen LogP contribution >= 0.6 is 0 Å². The predicted octanol–water partition coefficient (Wildman–Crippen LogP) is 3.91. The molecular weight excluding hydrogens is 585 g/mol. The third-order valence-corrected chi connectivity index (χ3v) is 7.48. The summed E-state index contributed by atoms with van der Waals surface area (Å²) in [6, 6.07) is 10.1. The number of aromatic nitrogens is 6. The van der Waals surface area contributed by atoms with Gasteiger partial charge in [0.05, 0.1) is 29.4 Å². The van der Waals surface area contributed by atoms with Gasteiger partial charge in [0.15, 0.2) is 17.3 Å². The first kappa shape index (κ1) is 29.2. The molecule has 0 bridgehead atoms. The van der Waals surface area contributed by atoms with Crippen LogP contribution in [0.1, 0.15) is 16.8 Å². The van der Waals surface area contributed by atoms with Gasteiger partial charge in [0.25, 0.3) is 0 Å². The van der Waals surface area contributed by atoms with E-state index >= 15 is 0 Å². The number of benzene rings is 1. The van der Waals surface area contributed by atoms with Crippen LogP contribution in [0, 0.1) is 5.82 Å². The molecule has 0 saturated heterocycles. The first-order valence-corrected chi connectivity index (χ1v) is 15.6. The molecule has 0 atom stereocenters. The number of nitrogens with one attached hydrogen (secondary N) is 4. The van der Waals surface area contributed by atoms with E-state index in [4.69, 9.17) is 14.7 Å². The van der Waals surface area contributed by atoms with Crippen LogP contribution in [0.15, 0.2) is 67.1 Å². The summed E-state index contributed by atoms with van der Waals surface area (Å²) in [5.41, 5.74) is 5.60. The molecule has 44 heavy (non-hydrogen) atoms. The van der Waals surface area contributed by atoms with Gasteiger partial charge in [0.2, 0.25) is 10.0 Å². The topological polar surface area (TPSA) is 154 Å². The van der Waals surface area contributed by atoms with Crippen LogP contribution in [0.25, 0.3) is 39.4 Å². The second-order valence-corrected chi connectivity index (χ2v) is 12.4. The van der Waals surface area contributed by atoms with Gasteiger partial charge in [-0.2, -0.15) is 5.10 Å². The van der Waals surface area contributed by atoms with Crippen LogP contribution in [0.2, 0.25) is 0 Å². The lowest BCUT2D eigenvalue weighted by molar-refractivity contribution is 0.261. The number of pyridine rings is 2. The van der Waals surface area contributed by atoms with Crippen molar-refractivity contribution in [1.82, 2.24) is 39.8 Å². The van der Waals surface area contributed by atoms with Gasteiger partial charge in [-0.3, -0.25) is 10.1 Å². The molecule has 0 aliphatic carbocycles. The van der Waals surface area contributed by atoms with Crippen LogP contribution < -0.4 is 14.8 Å². The second-order valence-electron chi connectivity index (χ2n) is 10.6. The number of hydrogen-bond acceptors (Lipinski definition) is 9. The number of allylic oxidation sites excluding steroid dienone is 2. The summed E-state index contributed by atoms with van der Waals surface area (Å²) in [7, 11) is 0.524. The van der Waals surface area contributed by atoms with E-state index in [1.54, 1.807) is 30.7 Å². The molecule has 0 amide bonds. The molecule has 1 aromatic carbocycles. The van der Waals surface area contributed by atoms with Crippen LogP contribution in [-0.2, 0) is 16.6 Å². The minimum atomic E-state index is -3.45. The fourth-order valence-corrected chi connectivity index (χ4v) is 5.14. The van der Waals surface area contributed by atoms with E-state index < -0.39 is 15.8 Å². The van der Waals surface area contributed by atoms with Crippen molar-refractivity contribution in [3.05, 3.63) is 89.8 Å². The van der Waals surface area contributed by atoms with E-state index in [1.807, 2.05) is 43.3 Å². The molecule has 0 saturated carbocycles. The maximum atomic E-state index is 14.7. The van der Waals surface area contributed by atoms with Gasteiger partial charge in [0, 0.05) is 36.6 Å². The molecule has 1 aliphatic rings. The van der Waals surface area contributed by atoms with Gasteiger partial charge in [-0.1, -0.05) is 6.08 Å². The number of aromatic amines is 2. The normalized spacial score (nSPS) is 13.1. The largest absolute Gasteiger partial charge is 0.491 e. The summed E-state index contributed by atoms with van der Waals surface area (Å²) >= 11 is 0. The Bertz CT molecular complexity index is 2020. The van der Waals surface area contributed by atoms with Crippen molar-refractivity contribution >= 4 is 32.4 Å². The monoisotopic (exact) mass is 615 g/mol. The van der Waals surface area contributed by atoms with E-state index in [0.717, 1.165) is 23.9 Å². The molecule has 12 nitrogen and oxygen atoms in total. The summed E-state index contributed by atoms with van der Waals surface area (Å²) < 4.78 is 46.1. The number of fused-ring (bicyclic) bond motifs is 2. The molecule has 226 valence electrons. The number of imidazole rings is 1. The van der Waals surface area contributed by atoms with Gasteiger partial charge in [0.1, 0.15) is 23.7 Å². The van der Waals surface area contributed by atoms with Crippen molar-refractivity contribution in [3.63, 3.8) is 0 Å². The number of halogens is 1. The van der Waals surface area contributed by atoms with Gasteiger partial charge in [-0.15, -0.1) is 0 Å². The van der Waals surface area contributed by atoms with Crippen molar-refractivity contribution in [2.75, 3.05) is 38.8 Å². The zero-order valence-corrected chi connectivity index (χ0v) is 25.0. The van der Waals surface area contributed by atoms with Crippen molar-refractivity contribution in [1.29, 1.82) is 0 Å².